The summed E-state index contributed by atoms with van der Waals surface area (Å²) in [5.41, 5.74) is 1.28. The zero-order valence-electron chi connectivity index (χ0n) is 11.8. The van der Waals surface area contributed by atoms with Gasteiger partial charge in [-0.1, -0.05) is 0 Å². The average Bonchev–Trinajstić information content (AvgIpc) is 2.38. The lowest BCUT2D eigenvalue weighted by atomic mass is 10.1. The molecule has 0 bridgehead atoms. The Morgan fingerprint density at radius 3 is 2.75 bits per heavy atom. The Kier molecular flexibility index (Phi) is 5.92. The molecule has 1 amide bonds. The number of ether oxygens (including phenoxy) is 1. The first kappa shape index (κ1) is 15.9. The van der Waals surface area contributed by atoms with E-state index >= 15 is 0 Å². The fraction of sp³-hybridized carbons (Fsp3) is 0.462. The van der Waals surface area contributed by atoms with E-state index < -0.39 is 11.0 Å². The van der Waals surface area contributed by atoms with Crippen molar-refractivity contribution in [3.63, 3.8) is 0 Å². The SMILES string of the molecule is COCCNC(=O)C(C)Nc1ccc([N+](=O)[O-])c(C)c1. The molecule has 0 heterocycles. The molecule has 0 aromatic heterocycles. The van der Waals surface area contributed by atoms with Crippen LogP contribution in [-0.2, 0) is 9.53 Å². The highest BCUT2D eigenvalue weighted by molar-refractivity contribution is 5.84. The van der Waals surface area contributed by atoms with Crippen LogP contribution < -0.4 is 10.6 Å². The predicted octanol–water partition coefficient (Wildman–Crippen LogP) is 1.47. The van der Waals surface area contributed by atoms with Crippen LogP contribution in [-0.4, -0.2) is 37.1 Å². The Morgan fingerprint density at radius 2 is 2.20 bits per heavy atom. The van der Waals surface area contributed by atoms with E-state index in [1.54, 1.807) is 33.1 Å². The molecule has 110 valence electrons. The van der Waals surface area contributed by atoms with E-state index in [2.05, 4.69) is 10.6 Å². The quantitative estimate of drug-likeness (QED) is 0.448. The van der Waals surface area contributed by atoms with Crippen LogP contribution >= 0.6 is 0 Å². The number of aryl methyl sites for hydroxylation is 1. The van der Waals surface area contributed by atoms with Crippen molar-refractivity contribution in [2.45, 2.75) is 19.9 Å². The Hall–Kier alpha value is -2.15. The van der Waals surface area contributed by atoms with Crippen molar-refractivity contribution < 1.29 is 14.5 Å². The van der Waals surface area contributed by atoms with Gasteiger partial charge < -0.3 is 15.4 Å². The maximum absolute atomic E-state index is 11.7. The third kappa shape index (κ3) is 4.51. The van der Waals surface area contributed by atoms with Gasteiger partial charge in [-0.2, -0.15) is 0 Å². The minimum Gasteiger partial charge on any atom is -0.383 e. The first-order valence-electron chi connectivity index (χ1n) is 6.24. The molecule has 1 rings (SSSR count). The average molecular weight is 281 g/mol. The van der Waals surface area contributed by atoms with Crippen LogP contribution in [0.4, 0.5) is 11.4 Å². The molecule has 7 heteroatoms. The molecule has 0 aliphatic heterocycles. The molecule has 1 aromatic carbocycles. The third-order valence-electron chi connectivity index (χ3n) is 2.78. The molecule has 0 saturated carbocycles. The van der Waals surface area contributed by atoms with Crippen LogP contribution in [0.25, 0.3) is 0 Å². The standard InChI is InChI=1S/C13H19N3O4/c1-9-8-11(4-5-12(9)16(18)19)15-10(2)13(17)14-6-7-20-3/h4-5,8,10,15H,6-7H2,1-3H3,(H,14,17). The van der Waals surface area contributed by atoms with E-state index in [0.29, 0.717) is 24.4 Å². The lowest BCUT2D eigenvalue weighted by Gasteiger charge is -2.15. The molecule has 0 fully saturated rings. The lowest BCUT2D eigenvalue weighted by Crippen LogP contribution is -2.39. The number of hydrogen-bond acceptors (Lipinski definition) is 5. The van der Waals surface area contributed by atoms with Gasteiger partial charge in [-0.25, -0.2) is 0 Å². The number of nitrogens with one attached hydrogen (secondary N) is 2. The van der Waals surface area contributed by atoms with Crippen molar-refractivity contribution in [1.29, 1.82) is 0 Å². The highest BCUT2D eigenvalue weighted by Crippen LogP contribution is 2.21. The Bertz CT molecular complexity index is 491. The number of methoxy groups -OCH3 is 1. The van der Waals surface area contributed by atoms with Gasteiger partial charge in [0.15, 0.2) is 0 Å². The summed E-state index contributed by atoms with van der Waals surface area (Å²) >= 11 is 0. The molecule has 1 aromatic rings. The Labute approximate surface area is 117 Å². The number of carbonyl (C=O) groups is 1. The monoisotopic (exact) mass is 281 g/mol. The largest absolute Gasteiger partial charge is 0.383 e. The molecule has 0 saturated heterocycles. The van der Waals surface area contributed by atoms with Crippen LogP contribution in [0.15, 0.2) is 18.2 Å². The molecule has 1 unspecified atom stereocenters. The van der Waals surface area contributed by atoms with Crippen LogP contribution in [0.5, 0.6) is 0 Å². The number of anilines is 1. The summed E-state index contributed by atoms with van der Waals surface area (Å²) < 4.78 is 4.84. The normalized spacial score (nSPS) is 11.8. The number of rotatable bonds is 7. The van der Waals surface area contributed by atoms with Crippen molar-refractivity contribution in [2.75, 3.05) is 25.6 Å². The summed E-state index contributed by atoms with van der Waals surface area (Å²) in [5, 5.41) is 16.4. The van der Waals surface area contributed by atoms with Crippen molar-refractivity contribution in [2.24, 2.45) is 0 Å². The van der Waals surface area contributed by atoms with E-state index in [1.165, 1.54) is 6.07 Å². The van der Waals surface area contributed by atoms with E-state index in [9.17, 15) is 14.9 Å². The number of carbonyl (C=O) groups excluding carboxylic acids is 1. The van der Waals surface area contributed by atoms with Crippen LogP contribution in [0, 0.1) is 17.0 Å². The summed E-state index contributed by atoms with van der Waals surface area (Å²) in [6.45, 7) is 4.28. The molecular weight excluding hydrogens is 262 g/mol. The first-order valence-corrected chi connectivity index (χ1v) is 6.24. The molecule has 0 spiro atoms. The van der Waals surface area contributed by atoms with Crippen molar-refractivity contribution >= 4 is 17.3 Å². The summed E-state index contributed by atoms with van der Waals surface area (Å²) in [4.78, 5) is 22.0. The minimum absolute atomic E-state index is 0.0627. The summed E-state index contributed by atoms with van der Waals surface area (Å²) in [7, 11) is 1.56. The van der Waals surface area contributed by atoms with Gasteiger partial charge in [0.25, 0.3) is 5.69 Å². The highest BCUT2D eigenvalue weighted by Gasteiger charge is 2.14. The van der Waals surface area contributed by atoms with E-state index in [4.69, 9.17) is 4.74 Å². The van der Waals surface area contributed by atoms with Gasteiger partial charge in [0.2, 0.25) is 5.91 Å². The molecule has 2 N–H and O–H groups in total. The smallest absolute Gasteiger partial charge is 0.272 e. The van der Waals surface area contributed by atoms with Crippen LogP contribution in [0.1, 0.15) is 12.5 Å². The van der Waals surface area contributed by atoms with Gasteiger partial charge in [-0.15, -0.1) is 0 Å². The number of amides is 1. The second kappa shape index (κ2) is 7.44. The van der Waals surface area contributed by atoms with E-state index in [0.717, 1.165) is 0 Å². The summed E-state index contributed by atoms with van der Waals surface area (Å²) in [6.07, 6.45) is 0. The highest BCUT2D eigenvalue weighted by atomic mass is 16.6. The van der Waals surface area contributed by atoms with E-state index in [-0.39, 0.29) is 11.6 Å². The van der Waals surface area contributed by atoms with Gasteiger partial charge >= 0.3 is 0 Å². The van der Waals surface area contributed by atoms with Gasteiger partial charge in [0.1, 0.15) is 6.04 Å². The Morgan fingerprint density at radius 1 is 1.50 bits per heavy atom. The zero-order chi connectivity index (χ0) is 15.1. The summed E-state index contributed by atoms with van der Waals surface area (Å²) in [6, 6.07) is 4.22. The van der Waals surface area contributed by atoms with Crippen molar-refractivity contribution in [3.8, 4) is 0 Å². The second-order valence-electron chi connectivity index (χ2n) is 4.41. The fourth-order valence-corrected chi connectivity index (χ4v) is 1.70. The number of nitro benzene ring substituents is 1. The molecule has 0 aliphatic carbocycles. The van der Waals surface area contributed by atoms with Crippen molar-refractivity contribution in [3.05, 3.63) is 33.9 Å². The predicted molar refractivity (Wildman–Crippen MR) is 75.8 cm³/mol. The number of benzene rings is 1. The van der Waals surface area contributed by atoms with Gasteiger partial charge in [-0.05, 0) is 26.0 Å². The molecule has 0 radical (unpaired) electrons. The molecule has 20 heavy (non-hydrogen) atoms. The molecule has 0 aliphatic rings. The molecule has 7 nitrogen and oxygen atoms in total. The topological polar surface area (TPSA) is 93.5 Å². The summed E-state index contributed by atoms with van der Waals surface area (Å²) in [5.74, 6) is -0.155. The van der Waals surface area contributed by atoms with Gasteiger partial charge in [0.05, 0.1) is 11.5 Å². The zero-order valence-corrected chi connectivity index (χ0v) is 11.8. The maximum atomic E-state index is 11.7. The molecule has 1 atom stereocenters. The third-order valence-corrected chi connectivity index (χ3v) is 2.78. The first-order chi connectivity index (χ1) is 9.45. The van der Waals surface area contributed by atoms with Crippen LogP contribution in [0.3, 0.4) is 0 Å². The van der Waals surface area contributed by atoms with Gasteiger partial charge in [0, 0.05) is 31.0 Å². The Balaban J connectivity index is 2.62. The lowest BCUT2D eigenvalue weighted by molar-refractivity contribution is -0.385. The van der Waals surface area contributed by atoms with E-state index in [1.807, 2.05) is 0 Å². The van der Waals surface area contributed by atoms with Gasteiger partial charge in [-0.3, -0.25) is 14.9 Å². The minimum atomic E-state index is -0.437. The molecular formula is C13H19N3O4. The maximum Gasteiger partial charge on any atom is 0.272 e. The number of nitro groups is 1. The number of nitrogens with zero attached hydrogens (tertiary/aromatic N) is 1. The number of hydrogen-bond donors (Lipinski definition) is 2. The van der Waals surface area contributed by atoms with Crippen molar-refractivity contribution in [1.82, 2.24) is 5.32 Å². The van der Waals surface area contributed by atoms with Crippen LogP contribution in [0.2, 0.25) is 0 Å². The second-order valence-corrected chi connectivity index (χ2v) is 4.41. The fourth-order valence-electron chi connectivity index (χ4n) is 1.70.